The number of aromatic nitrogens is 2. The molecule has 1 aliphatic carbocycles. The summed E-state index contributed by atoms with van der Waals surface area (Å²) in [7, 11) is 2.02. The first-order valence-corrected chi connectivity index (χ1v) is 4.98. The number of hydrogen-bond acceptors (Lipinski definition) is 2. The van der Waals surface area contributed by atoms with Crippen LogP contribution in [0.25, 0.3) is 0 Å². The predicted molar refractivity (Wildman–Crippen MR) is 52.8 cm³/mol. The normalized spacial score (nSPS) is 21.5. The third-order valence-corrected chi connectivity index (χ3v) is 2.94. The minimum Gasteiger partial charge on any atom is -0.319 e. The Bertz CT molecular complexity index is 290. The van der Waals surface area contributed by atoms with Crippen molar-refractivity contribution in [2.45, 2.75) is 26.2 Å². The van der Waals surface area contributed by atoms with Gasteiger partial charge in [0, 0.05) is 5.69 Å². The van der Waals surface area contributed by atoms with Crippen LogP contribution >= 0.6 is 0 Å². The number of nitrogens with zero attached hydrogens (tertiary/aromatic N) is 1. The first-order valence-electron chi connectivity index (χ1n) is 4.98. The molecule has 1 heterocycles. The Hall–Kier alpha value is -0.830. The first kappa shape index (κ1) is 8.75. The van der Waals surface area contributed by atoms with Crippen LogP contribution in [0.5, 0.6) is 0 Å². The highest BCUT2D eigenvalue weighted by molar-refractivity contribution is 5.27. The van der Waals surface area contributed by atoms with Gasteiger partial charge in [-0.1, -0.05) is 0 Å². The van der Waals surface area contributed by atoms with Crippen molar-refractivity contribution >= 4 is 0 Å². The van der Waals surface area contributed by atoms with Crippen molar-refractivity contribution in [2.75, 3.05) is 13.6 Å². The van der Waals surface area contributed by atoms with Crippen LogP contribution in [-0.2, 0) is 12.8 Å². The second-order valence-electron chi connectivity index (χ2n) is 3.94. The van der Waals surface area contributed by atoms with Crippen LogP contribution in [0.4, 0.5) is 0 Å². The molecule has 2 rings (SSSR count). The highest BCUT2D eigenvalue weighted by atomic mass is 15.1. The van der Waals surface area contributed by atoms with Gasteiger partial charge in [0.05, 0.1) is 5.69 Å². The van der Waals surface area contributed by atoms with Gasteiger partial charge in [-0.15, -0.1) is 0 Å². The van der Waals surface area contributed by atoms with Crippen molar-refractivity contribution in [3.8, 4) is 0 Å². The van der Waals surface area contributed by atoms with Crippen LogP contribution in [0, 0.1) is 12.8 Å². The van der Waals surface area contributed by atoms with Crippen LogP contribution in [0.3, 0.4) is 0 Å². The zero-order valence-electron chi connectivity index (χ0n) is 8.35. The molecule has 0 fully saturated rings. The Morgan fingerprint density at radius 1 is 1.62 bits per heavy atom. The third-order valence-electron chi connectivity index (χ3n) is 2.94. The minimum atomic E-state index is 0.778. The summed E-state index contributed by atoms with van der Waals surface area (Å²) in [5.74, 6) is 0.778. The van der Waals surface area contributed by atoms with E-state index in [2.05, 4.69) is 22.4 Å². The lowest BCUT2D eigenvalue weighted by atomic mass is 9.87. The number of aryl methyl sites for hydroxylation is 1. The van der Waals surface area contributed by atoms with E-state index in [1.807, 2.05) is 7.05 Å². The maximum atomic E-state index is 4.34. The molecule has 1 aliphatic rings. The largest absolute Gasteiger partial charge is 0.319 e. The van der Waals surface area contributed by atoms with Gasteiger partial charge in [-0.2, -0.15) is 5.10 Å². The fourth-order valence-corrected chi connectivity index (χ4v) is 2.19. The van der Waals surface area contributed by atoms with Crippen molar-refractivity contribution in [2.24, 2.45) is 5.92 Å². The number of aromatic amines is 1. The summed E-state index contributed by atoms with van der Waals surface area (Å²) in [6, 6.07) is 0. The summed E-state index contributed by atoms with van der Waals surface area (Å²) in [5, 5.41) is 10.6. The molecule has 0 spiro atoms. The topological polar surface area (TPSA) is 40.7 Å². The average Bonchev–Trinajstić information content (AvgIpc) is 2.48. The lowest BCUT2D eigenvalue weighted by Gasteiger charge is -2.20. The number of nitrogens with one attached hydrogen (secondary N) is 2. The van der Waals surface area contributed by atoms with Gasteiger partial charge in [-0.25, -0.2) is 0 Å². The van der Waals surface area contributed by atoms with Gasteiger partial charge in [0.2, 0.25) is 0 Å². The Morgan fingerprint density at radius 3 is 3.23 bits per heavy atom. The Balaban J connectivity index is 2.11. The Labute approximate surface area is 78.9 Å². The van der Waals surface area contributed by atoms with Crippen molar-refractivity contribution in [1.82, 2.24) is 15.5 Å². The molecule has 0 saturated carbocycles. The molecule has 1 aromatic rings. The summed E-state index contributed by atoms with van der Waals surface area (Å²) < 4.78 is 0. The van der Waals surface area contributed by atoms with Gasteiger partial charge >= 0.3 is 0 Å². The van der Waals surface area contributed by atoms with Gasteiger partial charge in [-0.05, 0) is 51.3 Å². The number of H-pyrrole nitrogens is 1. The molecule has 2 N–H and O–H groups in total. The molecular formula is C10H17N3. The average molecular weight is 179 g/mol. The van der Waals surface area contributed by atoms with Crippen LogP contribution in [0.1, 0.15) is 23.4 Å². The highest BCUT2D eigenvalue weighted by Gasteiger charge is 2.21. The van der Waals surface area contributed by atoms with E-state index in [1.165, 1.54) is 29.8 Å². The summed E-state index contributed by atoms with van der Waals surface area (Å²) in [5.41, 5.74) is 4.02. The predicted octanol–water partition coefficient (Wildman–Crippen LogP) is 1.04. The maximum Gasteiger partial charge on any atom is 0.0660 e. The summed E-state index contributed by atoms with van der Waals surface area (Å²) in [4.78, 5) is 0. The molecule has 0 aromatic carbocycles. The van der Waals surface area contributed by atoms with E-state index in [0.29, 0.717) is 0 Å². The van der Waals surface area contributed by atoms with Crippen molar-refractivity contribution in [3.05, 3.63) is 17.0 Å². The molecule has 3 nitrogen and oxygen atoms in total. The fraction of sp³-hybridized carbons (Fsp3) is 0.700. The van der Waals surface area contributed by atoms with Gasteiger partial charge in [0.1, 0.15) is 0 Å². The summed E-state index contributed by atoms with van der Waals surface area (Å²) in [6.45, 7) is 3.23. The van der Waals surface area contributed by atoms with E-state index in [-0.39, 0.29) is 0 Å². The van der Waals surface area contributed by atoms with Crippen molar-refractivity contribution in [3.63, 3.8) is 0 Å². The molecule has 1 atom stereocenters. The van der Waals surface area contributed by atoms with Crippen LogP contribution in [0.2, 0.25) is 0 Å². The molecule has 3 heteroatoms. The SMILES string of the molecule is CNCC1CCc2c(n[nH]c2C)C1. The standard InChI is InChI=1S/C10H17N3/c1-7-9-4-3-8(6-11-2)5-10(9)13-12-7/h8,11H,3-6H2,1-2H3,(H,12,13). The number of hydrogen-bond donors (Lipinski definition) is 2. The highest BCUT2D eigenvalue weighted by Crippen LogP contribution is 2.25. The Kier molecular flexibility index (Phi) is 2.36. The molecule has 0 radical (unpaired) electrons. The second-order valence-corrected chi connectivity index (χ2v) is 3.94. The van der Waals surface area contributed by atoms with Gasteiger partial charge in [-0.3, -0.25) is 5.10 Å². The van der Waals surface area contributed by atoms with Crippen molar-refractivity contribution < 1.29 is 0 Å². The van der Waals surface area contributed by atoms with E-state index in [9.17, 15) is 0 Å². The maximum absolute atomic E-state index is 4.34. The van der Waals surface area contributed by atoms with Crippen LogP contribution in [-0.4, -0.2) is 23.8 Å². The third kappa shape index (κ3) is 1.61. The molecule has 1 unspecified atom stereocenters. The summed E-state index contributed by atoms with van der Waals surface area (Å²) >= 11 is 0. The molecule has 72 valence electrons. The van der Waals surface area contributed by atoms with Crippen LogP contribution < -0.4 is 5.32 Å². The second kappa shape index (κ2) is 3.50. The van der Waals surface area contributed by atoms with Crippen LogP contribution in [0.15, 0.2) is 0 Å². The summed E-state index contributed by atoms with van der Waals surface area (Å²) in [6.07, 6.45) is 3.64. The van der Waals surface area contributed by atoms with E-state index in [4.69, 9.17) is 0 Å². The van der Waals surface area contributed by atoms with E-state index >= 15 is 0 Å². The van der Waals surface area contributed by atoms with Crippen molar-refractivity contribution in [1.29, 1.82) is 0 Å². The molecule has 0 amide bonds. The lowest BCUT2D eigenvalue weighted by molar-refractivity contribution is 0.435. The van der Waals surface area contributed by atoms with Gasteiger partial charge in [0.25, 0.3) is 0 Å². The van der Waals surface area contributed by atoms with E-state index in [0.717, 1.165) is 18.9 Å². The van der Waals surface area contributed by atoms with Gasteiger partial charge < -0.3 is 5.32 Å². The number of fused-ring (bicyclic) bond motifs is 1. The van der Waals surface area contributed by atoms with E-state index in [1.54, 1.807) is 0 Å². The number of rotatable bonds is 2. The molecule has 0 aliphatic heterocycles. The molecule has 0 saturated heterocycles. The first-order chi connectivity index (χ1) is 6.31. The quantitative estimate of drug-likeness (QED) is 0.712. The van der Waals surface area contributed by atoms with Gasteiger partial charge in [0.15, 0.2) is 0 Å². The van der Waals surface area contributed by atoms with E-state index < -0.39 is 0 Å². The molecule has 1 aromatic heterocycles. The molecule has 0 bridgehead atoms. The molecular weight excluding hydrogens is 162 g/mol. The minimum absolute atomic E-state index is 0.778. The zero-order valence-corrected chi connectivity index (χ0v) is 8.35. The molecule has 13 heavy (non-hydrogen) atoms. The fourth-order valence-electron chi connectivity index (χ4n) is 2.19. The zero-order chi connectivity index (χ0) is 9.26. The monoisotopic (exact) mass is 179 g/mol. The lowest BCUT2D eigenvalue weighted by Crippen LogP contribution is -2.24. The Morgan fingerprint density at radius 2 is 2.46 bits per heavy atom. The smallest absolute Gasteiger partial charge is 0.0660 e.